The largest absolute Gasteiger partial charge is 0.631 e. The zero-order valence-corrected chi connectivity index (χ0v) is 10.2. The second kappa shape index (κ2) is 15.8. The number of quaternary nitrogens is 1. The Morgan fingerprint density at radius 3 is 0.471 bits per heavy atom. The van der Waals surface area contributed by atoms with Gasteiger partial charge in [0.2, 0.25) is 0 Å². The van der Waals surface area contributed by atoms with Crippen LogP contribution in [0, 0.1) is 0 Å². The topological polar surface area (TPSA) is 182 Å². The summed E-state index contributed by atoms with van der Waals surface area (Å²) in [4.78, 5) is 0. The average Bonchev–Trinajstić information content (AvgIpc) is 1.73. The van der Waals surface area contributed by atoms with Gasteiger partial charge in [0.1, 0.15) is 0 Å². The molecule has 0 atom stereocenters. The monoisotopic (exact) mass is 260 g/mol. The SMILES string of the molecule is C[N+](C)(C)C.OB(O)O.OB(O)O.OB(O)O. The lowest BCUT2D eigenvalue weighted by Gasteiger charge is -2.14. The first-order chi connectivity index (χ1) is 7.20. The van der Waals surface area contributed by atoms with E-state index >= 15 is 0 Å². The maximum absolute atomic E-state index is 7.17. The van der Waals surface area contributed by atoms with Crippen molar-refractivity contribution < 1.29 is 49.7 Å². The molecule has 0 radical (unpaired) electrons. The van der Waals surface area contributed by atoms with Gasteiger partial charge in [-0.25, -0.2) is 0 Å². The lowest BCUT2D eigenvalue weighted by Crippen LogP contribution is -2.27. The van der Waals surface area contributed by atoms with Crippen LogP contribution in [0.2, 0.25) is 0 Å². The Hall–Kier alpha value is -0.205. The summed E-state index contributed by atoms with van der Waals surface area (Å²) >= 11 is 0. The summed E-state index contributed by atoms with van der Waals surface area (Å²) < 4.78 is 1.00. The Bertz CT molecular complexity index is 101. The number of rotatable bonds is 0. The first kappa shape index (κ1) is 25.6. The van der Waals surface area contributed by atoms with Gasteiger partial charge in [0.25, 0.3) is 0 Å². The summed E-state index contributed by atoms with van der Waals surface area (Å²) in [7, 11) is 2.00. The zero-order chi connectivity index (χ0) is 15.2. The highest BCUT2D eigenvalue weighted by molar-refractivity contribution is 6.31. The molecule has 9 N–H and O–H groups in total. The van der Waals surface area contributed by atoms with Crippen LogP contribution in [0.3, 0.4) is 0 Å². The van der Waals surface area contributed by atoms with Crippen molar-refractivity contribution in [3.05, 3.63) is 0 Å². The molecule has 0 aromatic carbocycles. The fourth-order valence-electron chi connectivity index (χ4n) is 0. The van der Waals surface area contributed by atoms with Crippen molar-refractivity contribution in [2.75, 3.05) is 28.2 Å². The van der Waals surface area contributed by atoms with E-state index in [0.717, 1.165) is 4.48 Å². The van der Waals surface area contributed by atoms with Gasteiger partial charge in [0.05, 0.1) is 28.2 Å². The van der Waals surface area contributed by atoms with E-state index in [9.17, 15) is 0 Å². The molecule has 13 heteroatoms. The fraction of sp³-hybridized carbons (Fsp3) is 1.00. The third-order valence-electron chi connectivity index (χ3n) is 0. The van der Waals surface area contributed by atoms with E-state index in [4.69, 9.17) is 45.2 Å². The van der Waals surface area contributed by atoms with Gasteiger partial charge in [0, 0.05) is 0 Å². The summed E-state index contributed by atoms with van der Waals surface area (Å²) in [5, 5.41) is 64.5. The molecule has 0 saturated heterocycles. The first-order valence-corrected chi connectivity index (χ1v) is 4.11. The van der Waals surface area contributed by atoms with Crippen LogP contribution in [0.15, 0.2) is 0 Å². The van der Waals surface area contributed by atoms with Crippen molar-refractivity contribution in [3.63, 3.8) is 0 Å². The first-order valence-electron chi connectivity index (χ1n) is 4.11. The molecule has 0 saturated carbocycles. The maximum atomic E-state index is 7.17. The third-order valence-corrected chi connectivity index (χ3v) is 0. The molecule has 0 fully saturated rings. The average molecular weight is 260 g/mol. The minimum absolute atomic E-state index is 1.00. The van der Waals surface area contributed by atoms with Crippen molar-refractivity contribution in [3.8, 4) is 0 Å². The van der Waals surface area contributed by atoms with Gasteiger partial charge in [-0.05, 0) is 0 Å². The van der Waals surface area contributed by atoms with Crippen LogP contribution >= 0.6 is 0 Å². The Balaban J connectivity index is -0.0000000667. The van der Waals surface area contributed by atoms with E-state index in [2.05, 4.69) is 28.2 Å². The van der Waals surface area contributed by atoms with Crippen LogP contribution < -0.4 is 0 Å². The van der Waals surface area contributed by atoms with E-state index < -0.39 is 22.0 Å². The molecule has 0 spiro atoms. The van der Waals surface area contributed by atoms with E-state index in [1.165, 1.54) is 0 Å². The van der Waals surface area contributed by atoms with E-state index in [1.807, 2.05) is 0 Å². The van der Waals surface area contributed by atoms with Gasteiger partial charge in [-0.15, -0.1) is 0 Å². The second-order valence-corrected chi connectivity index (χ2v) is 3.72. The summed E-state index contributed by atoms with van der Waals surface area (Å²) in [6.07, 6.45) is 0. The molecule has 0 heterocycles. The lowest BCUT2D eigenvalue weighted by molar-refractivity contribution is -0.849. The van der Waals surface area contributed by atoms with Gasteiger partial charge in [-0.3, -0.25) is 0 Å². The predicted octanol–water partition coefficient (Wildman–Crippen LogP) is -5.83. The molecule has 0 aliphatic rings. The Morgan fingerprint density at radius 1 is 0.471 bits per heavy atom. The van der Waals surface area contributed by atoms with E-state index in [1.54, 1.807) is 0 Å². The van der Waals surface area contributed by atoms with Crippen LogP contribution in [0.25, 0.3) is 0 Å². The van der Waals surface area contributed by atoms with Crippen LogP contribution in [0.5, 0.6) is 0 Å². The minimum atomic E-state index is -2.17. The molecule has 0 aliphatic carbocycles. The van der Waals surface area contributed by atoms with E-state index in [0.29, 0.717) is 0 Å². The van der Waals surface area contributed by atoms with Gasteiger partial charge in [-0.2, -0.15) is 0 Å². The quantitative estimate of drug-likeness (QED) is 0.151. The van der Waals surface area contributed by atoms with Gasteiger partial charge in [-0.1, -0.05) is 0 Å². The highest BCUT2D eigenvalue weighted by Gasteiger charge is 1.93. The third kappa shape index (κ3) is 71400. The Kier molecular flexibility index (Phi) is 23.8. The minimum Gasteiger partial charge on any atom is -0.402 e. The molecule has 0 unspecified atom stereocenters. The predicted molar refractivity (Wildman–Crippen MR) is 61.2 cm³/mol. The summed E-state index contributed by atoms with van der Waals surface area (Å²) in [6.45, 7) is 0. The van der Waals surface area contributed by atoms with Crippen LogP contribution in [-0.2, 0) is 0 Å². The smallest absolute Gasteiger partial charge is 0.402 e. The Labute approximate surface area is 101 Å². The van der Waals surface area contributed by atoms with Crippen molar-refractivity contribution >= 4 is 22.0 Å². The normalized spacial score (nSPS) is 8.29. The lowest BCUT2D eigenvalue weighted by atomic mass is 10.3. The van der Waals surface area contributed by atoms with Crippen LogP contribution in [0.4, 0.5) is 0 Å². The molecule has 0 aromatic heterocycles. The van der Waals surface area contributed by atoms with Gasteiger partial charge >= 0.3 is 22.0 Å². The van der Waals surface area contributed by atoms with Crippen molar-refractivity contribution in [1.29, 1.82) is 0 Å². The number of nitrogens with zero attached hydrogens (tertiary/aromatic N) is 1. The summed E-state index contributed by atoms with van der Waals surface area (Å²) in [6, 6.07) is 0. The fourth-order valence-corrected chi connectivity index (χ4v) is 0. The highest BCUT2D eigenvalue weighted by Crippen LogP contribution is 1.73. The molecule has 10 nitrogen and oxygen atoms in total. The standard InChI is InChI=1S/C4H12N.3BH3O3/c1-5(2,3)4;3*2-1(3)4/h1-4H3;3*2-4H/q+1;;;. The summed E-state index contributed by atoms with van der Waals surface area (Å²) in [5.74, 6) is 0. The molecule has 0 aliphatic heterocycles. The second-order valence-electron chi connectivity index (χ2n) is 3.72. The van der Waals surface area contributed by atoms with Crippen molar-refractivity contribution in [2.24, 2.45) is 0 Å². The molecule has 0 aromatic rings. The van der Waals surface area contributed by atoms with Crippen LogP contribution in [0.1, 0.15) is 0 Å². The molecule has 0 amide bonds. The molecular formula is C4H21B3NO9+. The number of hydrogen-bond acceptors (Lipinski definition) is 9. The van der Waals surface area contributed by atoms with Gasteiger partial charge < -0.3 is 49.7 Å². The van der Waals surface area contributed by atoms with Gasteiger partial charge in [0.15, 0.2) is 0 Å². The molecular weight excluding hydrogens is 238 g/mol. The zero-order valence-electron chi connectivity index (χ0n) is 10.2. The van der Waals surface area contributed by atoms with Crippen molar-refractivity contribution in [2.45, 2.75) is 0 Å². The number of hydrogen-bond donors (Lipinski definition) is 9. The highest BCUT2D eigenvalue weighted by atomic mass is 16.5. The van der Waals surface area contributed by atoms with E-state index in [-0.39, 0.29) is 0 Å². The molecule has 0 bridgehead atoms. The summed E-state index contributed by atoms with van der Waals surface area (Å²) in [5.41, 5.74) is 0. The molecule has 104 valence electrons. The maximum Gasteiger partial charge on any atom is 0.631 e. The van der Waals surface area contributed by atoms with Crippen molar-refractivity contribution in [1.82, 2.24) is 0 Å². The Morgan fingerprint density at radius 2 is 0.471 bits per heavy atom. The molecule has 17 heavy (non-hydrogen) atoms. The van der Waals surface area contributed by atoms with Crippen LogP contribution in [-0.4, -0.2) is 99.9 Å². The molecule has 0 rings (SSSR count).